The maximum Gasteiger partial charge on any atom is 0.433 e. The van der Waals surface area contributed by atoms with Crippen molar-refractivity contribution in [2.24, 2.45) is 0 Å². The maximum atomic E-state index is 13.1. The Hall–Kier alpha value is -2.48. The quantitative estimate of drug-likeness (QED) is 0.675. The number of nitrogens with zero attached hydrogens (tertiary/aromatic N) is 1. The van der Waals surface area contributed by atoms with Crippen molar-refractivity contribution >= 4 is 23.5 Å². The predicted octanol–water partition coefficient (Wildman–Crippen LogP) is 5.02. The highest BCUT2D eigenvalue weighted by atomic mass is 32.2. The summed E-state index contributed by atoms with van der Waals surface area (Å²) >= 11 is 1.49. The molecule has 4 nitrogen and oxygen atoms in total. The van der Waals surface area contributed by atoms with Gasteiger partial charge in [0.15, 0.2) is 0 Å². The zero-order valence-corrected chi connectivity index (χ0v) is 16.6. The van der Waals surface area contributed by atoms with E-state index in [2.05, 4.69) is 15.6 Å². The van der Waals surface area contributed by atoms with E-state index in [4.69, 9.17) is 0 Å². The van der Waals surface area contributed by atoms with Gasteiger partial charge in [-0.25, -0.2) is 4.98 Å². The number of hydrogen-bond donors (Lipinski definition) is 2. The van der Waals surface area contributed by atoms with E-state index in [0.717, 1.165) is 23.3 Å². The number of alkyl halides is 3. The number of pyridine rings is 1. The number of benzene rings is 1. The molecule has 0 aliphatic heterocycles. The molecule has 0 aliphatic rings. The Labute approximate surface area is 166 Å². The van der Waals surface area contributed by atoms with Crippen molar-refractivity contribution in [2.75, 3.05) is 11.6 Å². The molecule has 0 bridgehead atoms. The van der Waals surface area contributed by atoms with Crippen molar-refractivity contribution in [3.8, 4) is 0 Å². The minimum Gasteiger partial charge on any atom is -0.365 e. The SMILES string of the molecule is CS/C=C/C(C)NC(=O)c1ccc(C(F)(F)F)nc1NCc1ccccc1C. The number of carbonyl (C=O) groups is 1. The highest BCUT2D eigenvalue weighted by Gasteiger charge is 2.33. The number of thioether (sulfide) groups is 1. The fraction of sp³-hybridized carbons (Fsp3) is 0.300. The van der Waals surface area contributed by atoms with Gasteiger partial charge in [0.25, 0.3) is 5.91 Å². The van der Waals surface area contributed by atoms with Crippen molar-refractivity contribution in [1.82, 2.24) is 10.3 Å². The van der Waals surface area contributed by atoms with E-state index in [-0.39, 0.29) is 24.0 Å². The van der Waals surface area contributed by atoms with Crippen LogP contribution in [0.4, 0.5) is 19.0 Å². The van der Waals surface area contributed by atoms with Crippen molar-refractivity contribution in [3.63, 3.8) is 0 Å². The van der Waals surface area contributed by atoms with Crippen LogP contribution in [-0.4, -0.2) is 23.2 Å². The molecule has 1 unspecified atom stereocenters. The van der Waals surface area contributed by atoms with Gasteiger partial charge in [-0.3, -0.25) is 4.79 Å². The van der Waals surface area contributed by atoms with E-state index in [1.54, 1.807) is 13.0 Å². The Balaban J connectivity index is 2.29. The molecule has 0 saturated heterocycles. The van der Waals surface area contributed by atoms with Gasteiger partial charge < -0.3 is 10.6 Å². The van der Waals surface area contributed by atoms with Crippen LogP contribution in [0.1, 0.15) is 34.1 Å². The van der Waals surface area contributed by atoms with Gasteiger partial charge in [0.2, 0.25) is 0 Å². The van der Waals surface area contributed by atoms with Crippen molar-refractivity contribution in [1.29, 1.82) is 0 Å². The average molecular weight is 409 g/mol. The molecule has 1 aromatic carbocycles. The second-order valence-corrected chi connectivity index (χ2v) is 6.94. The lowest BCUT2D eigenvalue weighted by atomic mass is 10.1. The minimum atomic E-state index is -4.59. The molecule has 1 aromatic heterocycles. The fourth-order valence-corrected chi connectivity index (χ4v) is 2.84. The van der Waals surface area contributed by atoms with Crippen LogP contribution in [0, 0.1) is 6.92 Å². The molecule has 0 radical (unpaired) electrons. The summed E-state index contributed by atoms with van der Waals surface area (Å²) in [5.41, 5.74) is 0.908. The molecule has 2 rings (SSSR count). The van der Waals surface area contributed by atoms with Gasteiger partial charge in [0.05, 0.1) is 5.56 Å². The third-order valence-electron chi connectivity index (χ3n) is 4.00. The Morgan fingerprint density at radius 2 is 1.96 bits per heavy atom. The van der Waals surface area contributed by atoms with E-state index >= 15 is 0 Å². The van der Waals surface area contributed by atoms with E-state index in [9.17, 15) is 18.0 Å². The van der Waals surface area contributed by atoms with Crippen LogP contribution < -0.4 is 10.6 Å². The molecule has 1 heterocycles. The lowest BCUT2D eigenvalue weighted by molar-refractivity contribution is -0.141. The zero-order chi connectivity index (χ0) is 20.7. The molecular formula is C20H22F3N3OS. The van der Waals surface area contributed by atoms with Gasteiger partial charge >= 0.3 is 6.18 Å². The number of carbonyl (C=O) groups excluding carboxylic acids is 1. The van der Waals surface area contributed by atoms with Gasteiger partial charge in [-0.05, 0) is 48.8 Å². The van der Waals surface area contributed by atoms with E-state index in [0.29, 0.717) is 0 Å². The van der Waals surface area contributed by atoms with Gasteiger partial charge in [0, 0.05) is 12.6 Å². The number of nitrogens with one attached hydrogen (secondary N) is 2. The predicted molar refractivity (Wildman–Crippen MR) is 107 cm³/mol. The van der Waals surface area contributed by atoms with Crippen LogP contribution in [-0.2, 0) is 12.7 Å². The van der Waals surface area contributed by atoms with Gasteiger partial charge in [-0.15, -0.1) is 11.8 Å². The standard InChI is InChI=1S/C20H22F3N3OS/c1-13-6-4-5-7-15(13)12-24-18-16(8-9-17(26-18)20(21,22)23)19(27)25-14(2)10-11-28-3/h4-11,14H,12H2,1-3H3,(H,24,26)(H,25,27)/b11-10+. The lowest BCUT2D eigenvalue weighted by Crippen LogP contribution is -2.32. The summed E-state index contributed by atoms with van der Waals surface area (Å²) in [6.45, 7) is 3.94. The van der Waals surface area contributed by atoms with Crippen LogP contribution in [0.2, 0.25) is 0 Å². The fourth-order valence-electron chi connectivity index (χ4n) is 2.45. The van der Waals surface area contributed by atoms with E-state index in [1.807, 2.05) is 42.9 Å². The molecule has 8 heteroatoms. The number of aromatic nitrogens is 1. The second kappa shape index (κ2) is 9.64. The molecular weight excluding hydrogens is 387 g/mol. The normalized spacial score (nSPS) is 12.8. The van der Waals surface area contributed by atoms with Crippen LogP contribution >= 0.6 is 11.8 Å². The number of hydrogen-bond acceptors (Lipinski definition) is 4. The second-order valence-electron chi connectivity index (χ2n) is 6.20. The number of rotatable bonds is 7. The van der Waals surface area contributed by atoms with Crippen LogP contribution in [0.15, 0.2) is 47.9 Å². The molecule has 2 N–H and O–H groups in total. The molecule has 1 atom stereocenters. The van der Waals surface area contributed by atoms with Gasteiger partial charge in [-0.2, -0.15) is 13.2 Å². The average Bonchev–Trinajstić information content (AvgIpc) is 2.64. The Morgan fingerprint density at radius 3 is 2.61 bits per heavy atom. The van der Waals surface area contributed by atoms with Gasteiger partial charge in [0.1, 0.15) is 11.5 Å². The monoisotopic (exact) mass is 409 g/mol. The smallest absolute Gasteiger partial charge is 0.365 e. The number of amides is 1. The molecule has 0 saturated carbocycles. The highest BCUT2D eigenvalue weighted by molar-refractivity contribution is 8.01. The topological polar surface area (TPSA) is 54.0 Å². The first-order chi connectivity index (χ1) is 13.2. The molecule has 150 valence electrons. The summed E-state index contributed by atoms with van der Waals surface area (Å²) in [7, 11) is 0. The first-order valence-corrected chi connectivity index (χ1v) is 9.88. The summed E-state index contributed by atoms with van der Waals surface area (Å²) in [6, 6.07) is 9.19. The minimum absolute atomic E-state index is 0.0611. The molecule has 0 fully saturated rings. The number of aryl methyl sites for hydroxylation is 1. The first-order valence-electron chi connectivity index (χ1n) is 8.59. The summed E-state index contributed by atoms with van der Waals surface area (Å²) < 4.78 is 39.2. The van der Waals surface area contributed by atoms with Crippen LogP contribution in [0.3, 0.4) is 0 Å². The first kappa shape index (κ1) is 21.8. The van der Waals surface area contributed by atoms with Crippen LogP contribution in [0.25, 0.3) is 0 Å². The third kappa shape index (κ3) is 6.02. The van der Waals surface area contributed by atoms with Crippen molar-refractivity contribution in [3.05, 3.63) is 70.3 Å². The van der Waals surface area contributed by atoms with Crippen LogP contribution in [0.5, 0.6) is 0 Å². The van der Waals surface area contributed by atoms with E-state index < -0.39 is 17.8 Å². The van der Waals surface area contributed by atoms with Gasteiger partial charge in [-0.1, -0.05) is 30.3 Å². The zero-order valence-electron chi connectivity index (χ0n) is 15.8. The summed E-state index contributed by atoms with van der Waals surface area (Å²) in [5.74, 6) is -0.594. The Kier molecular flexibility index (Phi) is 7.51. The highest BCUT2D eigenvalue weighted by Crippen LogP contribution is 2.29. The molecule has 0 spiro atoms. The number of halogens is 3. The Bertz CT molecular complexity index is 853. The summed E-state index contributed by atoms with van der Waals surface area (Å²) in [4.78, 5) is 16.2. The third-order valence-corrected chi connectivity index (χ3v) is 4.43. The molecule has 28 heavy (non-hydrogen) atoms. The molecule has 2 aromatic rings. The summed E-state index contributed by atoms with van der Waals surface area (Å²) in [6.07, 6.45) is -0.915. The molecule has 0 aliphatic carbocycles. The van der Waals surface area contributed by atoms with Crippen molar-refractivity contribution < 1.29 is 18.0 Å². The lowest BCUT2D eigenvalue weighted by Gasteiger charge is -2.16. The van der Waals surface area contributed by atoms with E-state index in [1.165, 1.54) is 11.8 Å². The Morgan fingerprint density at radius 1 is 1.25 bits per heavy atom. The molecule has 1 amide bonds. The summed E-state index contributed by atoms with van der Waals surface area (Å²) in [5, 5.41) is 7.45. The maximum absolute atomic E-state index is 13.1. The largest absolute Gasteiger partial charge is 0.433 e. The number of anilines is 1. The van der Waals surface area contributed by atoms with Crippen molar-refractivity contribution in [2.45, 2.75) is 32.6 Å².